The van der Waals surface area contributed by atoms with E-state index in [1.165, 1.54) is 12.1 Å². The highest BCUT2D eigenvalue weighted by Crippen LogP contribution is 2.35. The molecule has 0 unspecified atom stereocenters. The molecule has 0 aliphatic heterocycles. The Balaban J connectivity index is 2.30. The lowest BCUT2D eigenvalue weighted by molar-refractivity contribution is -0.386. The van der Waals surface area contributed by atoms with Crippen molar-refractivity contribution in [1.82, 2.24) is 0 Å². The zero-order valence-corrected chi connectivity index (χ0v) is 15.3. The zero-order valence-electron chi connectivity index (χ0n) is 13.7. The number of hydrogen-bond donors (Lipinski definition) is 2. The number of carbonyl (C=O) groups excluding carboxylic acids is 1. The van der Waals surface area contributed by atoms with Crippen LogP contribution in [0.1, 0.15) is 18.1 Å². The minimum atomic E-state index is -0.751. The smallest absolute Gasteiger partial charge is 0.312 e. The molecule has 0 aliphatic carbocycles. The van der Waals surface area contributed by atoms with Crippen molar-refractivity contribution < 1.29 is 14.8 Å². The van der Waals surface area contributed by atoms with Gasteiger partial charge in [-0.15, -0.1) is 0 Å². The van der Waals surface area contributed by atoms with E-state index >= 15 is 0 Å². The number of hydrogen-bond acceptors (Lipinski definition) is 5. The summed E-state index contributed by atoms with van der Waals surface area (Å²) in [5, 5.41) is 32.5. The number of rotatable bonds is 5. The first-order chi connectivity index (χ1) is 12.3. The molecule has 0 aliphatic rings. The first kappa shape index (κ1) is 19.1. The maximum absolute atomic E-state index is 12.3. The van der Waals surface area contributed by atoms with E-state index in [9.17, 15) is 25.3 Å². The van der Waals surface area contributed by atoms with Crippen LogP contribution in [0.4, 0.5) is 11.4 Å². The number of anilines is 1. The van der Waals surface area contributed by atoms with Crippen LogP contribution < -0.4 is 5.32 Å². The van der Waals surface area contributed by atoms with Crippen molar-refractivity contribution in [2.75, 3.05) is 5.32 Å². The monoisotopic (exact) mass is 415 g/mol. The first-order valence-corrected chi connectivity index (χ1v) is 8.34. The minimum absolute atomic E-state index is 0.0887. The Morgan fingerprint density at radius 1 is 1.38 bits per heavy atom. The van der Waals surface area contributed by atoms with Gasteiger partial charge in [0.25, 0.3) is 5.91 Å². The van der Waals surface area contributed by atoms with Gasteiger partial charge in [0, 0.05) is 11.8 Å². The average molecular weight is 416 g/mol. The standard InChI is InChI=1S/C18H14BrN3O4/c1-2-11-3-5-14(6-4-11)21-18(24)13(10-20)7-12-8-15(19)17(23)16(9-12)22(25)26/h3-9,23H,2H2,1H3,(H,21,24)/b13-7+. The summed E-state index contributed by atoms with van der Waals surface area (Å²) >= 11 is 3.01. The normalized spacial score (nSPS) is 10.9. The molecule has 0 saturated carbocycles. The van der Waals surface area contributed by atoms with E-state index in [1.54, 1.807) is 18.2 Å². The second kappa shape index (κ2) is 8.27. The van der Waals surface area contributed by atoms with Gasteiger partial charge in [-0.25, -0.2) is 0 Å². The van der Waals surface area contributed by atoms with E-state index in [1.807, 2.05) is 19.1 Å². The highest BCUT2D eigenvalue weighted by molar-refractivity contribution is 9.10. The maximum atomic E-state index is 12.3. The molecule has 8 heteroatoms. The maximum Gasteiger partial charge on any atom is 0.312 e. The predicted octanol–water partition coefficient (Wildman–Crippen LogP) is 4.17. The third kappa shape index (κ3) is 4.46. The Bertz CT molecular complexity index is 931. The zero-order chi connectivity index (χ0) is 19.3. The Labute approximate surface area is 157 Å². The fourth-order valence-electron chi connectivity index (χ4n) is 2.16. The number of phenolic OH excluding ortho intramolecular Hbond substituents is 1. The van der Waals surface area contributed by atoms with Crippen molar-refractivity contribution in [3.63, 3.8) is 0 Å². The van der Waals surface area contributed by atoms with Crippen LogP contribution in [0.5, 0.6) is 5.75 Å². The summed E-state index contributed by atoms with van der Waals surface area (Å²) in [6.07, 6.45) is 2.08. The quantitative estimate of drug-likeness (QED) is 0.328. The summed E-state index contributed by atoms with van der Waals surface area (Å²) in [5.41, 5.74) is 1.12. The van der Waals surface area contributed by atoms with E-state index in [0.29, 0.717) is 5.69 Å². The number of nitro groups is 1. The molecule has 1 amide bonds. The molecular weight excluding hydrogens is 402 g/mol. The Hall–Kier alpha value is -3.18. The number of carbonyl (C=O) groups is 1. The SMILES string of the molecule is CCc1ccc(NC(=O)/C(C#N)=C/c2cc(Br)c(O)c([N+](=O)[O-])c2)cc1. The number of nitrogens with one attached hydrogen (secondary N) is 1. The van der Waals surface area contributed by atoms with Crippen molar-refractivity contribution in [2.24, 2.45) is 0 Å². The van der Waals surface area contributed by atoms with Gasteiger partial charge in [-0.3, -0.25) is 14.9 Å². The fraction of sp³-hybridized carbons (Fsp3) is 0.111. The van der Waals surface area contributed by atoms with Crippen molar-refractivity contribution in [3.8, 4) is 11.8 Å². The molecule has 0 aromatic heterocycles. The molecule has 2 aromatic carbocycles. The molecule has 26 heavy (non-hydrogen) atoms. The van der Waals surface area contributed by atoms with Crippen LogP contribution in [0.15, 0.2) is 46.4 Å². The van der Waals surface area contributed by atoms with Gasteiger partial charge < -0.3 is 10.4 Å². The Morgan fingerprint density at radius 2 is 2.04 bits per heavy atom. The minimum Gasteiger partial charge on any atom is -0.501 e. The lowest BCUT2D eigenvalue weighted by Crippen LogP contribution is -2.13. The summed E-state index contributed by atoms with van der Waals surface area (Å²) in [6.45, 7) is 2.01. The van der Waals surface area contributed by atoms with Crippen LogP contribution in [-0.4, -0.2) is 15.9 Å². The molecule has 0 heterocycles. The fourth-order valence-corrected chi connectivity index (χ4v) is 2.63. The lowest BCUT2D eigenvalue weighted by atomic mass is 10.1. The predicted molar refractivity (Wildman–Crippen MR) is 101 cm³/mol. The molecule has 7 nitrogen and oxygen atoms in total. The van der Waals surface area contributed by atoms with Crippen LogP contribution in [-0.2, 0) is 11.2 Å². The van der Waals surface area contributed by atoms with E-state index in [2.05, 4.69) is 21.2 Å². The van der Waals surface area contributed by atoms with Crippen LogP contribution in [0.2, 0.25) is 0 Å². The number of nitrogens with zero attached hydrogens (tertiary/aromatic N) is 2. The molecule has 2 N–H and O–H groups in total. The highest BCUT2D eigenvalue weighted by atomic mass is 79.9. The molecule has 0 fully saturated rings. The number of aromatic hydroxyl groups is 1. The summed E-state index contributed by atoms with van der Waals surface area (Å²) in [7, 11) is 0. The highest BCUT2D eigenvalue weighted by Gasteiger charge is 2.18. The molecule has 2 rings (SSSR count). The van der Waals surface area contributed by atoms with Crippen molar-refractivity contribution >= 4 is 39.3 Å². The van der Waals surface area contributed by atoms with Gasteiger partial charge in [0.2, 0.25) is 5.75 Å². The van der Waals surface area contributed by atoms with E-state index in [4.69, 9.17) is 0 Å². The number of benzene rings is 2. The number of aryl methyl sites for hydroxylation is 1. The van der Waals surface area contributed by atoms with Gasteiger partial charge in [-0.1, -0.05) is 19.1 Å². The second-order valence-corrected chi connectivity index (χ2v) is 6.16. The second-order valence-electron chi connectivity index (χ2n) is 5.30. The Morgan fingerprint density at radius 3 is 2.58 bits per heavy atom. The van der Waals surface area contributed by atoms with Crippen molar-refractivity contribution in [1.29, 1.82) is 5.26 Å². The molecule has 0 bridgehead atoms. The number of halogens is 1. The molecule has 132 valence electrons. The molecule has 0 saturated heterocycles. The average Bonchev–Trinajstić information content (AvgIpc) is 2.62. The summed E-state index contributed by atoms with van der Waals surface area (Å²) < 4.78 is 0.0887. The topological polar surface area (TPSA) is 116 Å². The third-order valence-electron chi connectivity index (χ3n) is 3.56. The van der Waals surface area contributed by atoms with Gasteiger partial charge in [-0.05, 0) is 57.8 Å². The third-order valence-corrected chi connectivity index (χ3v) is 4.16. The van der Waals surface area contributed by atoms with E-state index in [0.717, 1.165) is 18.1 Å². The van der Waals surface area contributed by atoms with Crippen LogP contribution in [0.3, 0.4) is 0 Å². The molecular formula is C18H14BrN3O4. The molecule has 0 spiro atoms. The van der Waals surface area contributed by atoms with Crippen LogP contribution in [0.25, 0.3) is 6.08 Å². The molecule has 0 atom stereocenters. The Kier molecular flexibility index (Phi) is 6.09. The lowest BCUT2D eigenvalue weighted by Gasteiger charge is -2.06. The summed E-state index contributed by atoms with van der Waals surface area (Å²) in [4.78, 5) is 22.5. The van der Waals surface area contributed by atoms with E-state index < -0.39 is 22.3 Å². The van der Waals surface area contributed by atoms with Crippen LogP contribution in [0, 0.1) is 21.4 Å². The molecule has 0 radical (unpaired) electrons. The van der Waals surface area contributed by atoms with Gasteiger partial charge >= 0.3 is 5.69 Å². The largest absolute Gasteiger partial charge is 0.501 e. The van der Waals surface area contributed by atoms with Gasteiger partial charge in [0.05, 0.1) is 9.40 Å². The van der Waals surface area contributed by atoms with E-state index in [-0.39, 0.29) is 15.6 Å². The number of phenols is 1. The van der Waals surface area contributed by atoms with Gasteiger partial charge in [-0.2, -0.15) is 5.26 Å². The van der Waals surface area contributed by atoms with Gasteiger partial charge in [0.15, 0.2) is 0 Å². The summed E-state index contributed by atoms with van der Waals surface area (Å²) in [6, 6.07) is 11.4. The summed E-state index contributed by atoms with van der Waals surface area (Å²) in [5.74, 6) is -1.16. The van der Waals surface area contributed by atoms with Gasteiger partial charge in [0.1, 0.15) is 11.6 Å². The first-order valence-electron chi connectivity index (χ1n) is 7.54. The van der Waals surface area contributed by atoms with Crippen molar-refractivity contribution in [3.05, 3.63) is 67.7 Å². The van der Waals surface area contributed by atoms with Crippen LogP contribution >= 0.6 is 15.9 Å². The number of amides is 1. The molecule has 2 aromatic rings. The number of nitriles is 1. The van der Waals surface area contributed by atoms with Crippen molar-refractivity contribution in [2.45, 2.75) is 13.3 Å². The number of nitro benzene ring substituents is 1.